The Kier molecular flexibility index (Phi) is 2.33. The molecule has 1 N–H and O–H groups in total. The van der Waals surface area contributed by atoms with E-state index < -0.39 is 0 Å². The highest BCUT2D eigenvalue weighted by Crippen LogP contribution is 2.42. The van der Waals surface area contributed by atoms with Crippen molar-refractivity contribution in [2.24, 2.45) is 0 Å². The molecule has 3 aromatic rings. The maximum Gasteiger partial charge on any atom is 0.145 e. The van der Waals surface area contributed by atoms with E-state index in [1.165, 1.54) is 24.6 Å². The summed E-state index contributed by atoms with van der Waals surface area (Å²) in [5, 5.41) is 10.1. The highest BCUT2D eigenvalue weighted by molar-refractivity contribution is 5.82. The number of aryl methyl sites for hydroxylation is 1. The van der Waals surface area contributed by atoms with Gasteiger partial charge in [-0.05, 0) is 43.5 Å². The Morgan fingerprint density at radius 1 is 1.25 bits per heavy atom. The molecule has 20 heavy (non-hydrogen) atoms. The van der Waals surface area contributed by atoms with E-state index in [1.54, 1.807) is 6.20 Å². The molecule has 1 aliphatic rings. The Labute approximate surface area is 116 Å². The van der Waals surface area contributed by atoms with Gasteiger partial charge in [0.1, 0.15) is 11.6 Å². The molecule has 1 aliphatic carbocycles. The zero-order valence-electron chi connectivity index (χ0n) is 11.2. The van der Waals surface area contributed by atoms with Gasteiger partial charge < -0.3 is 9.67 Å². The van der Waals surface area contributed by atoms with Gasteiger partial charge in [-0.15, -0.1) is 0 Å². The first kappa shape index (κ1) is 11.5. The summed E-state index contributed by atoms with van der Waals surface area (Å²) < 4.78 is 2.25. The molecule has 1 fully saturated rings. The zero-order valence-corrected chi connectivity index (χ0v) is 11.2. The van der Waals surface area contributed by atoms with Crippen molar-refractivity contribution >= 4 is 11.0 Å². The second kappa shape index (κ2) is 4.07. The first-order chi connectivity index (χ1) is 9.74. The smallest absolute Gasteiger partial charge is 0.145 e. The predicted molar refractivity (Wildman–Crippen MR) is 77.6 cm³/mol. The van der Waals surface area contributed by atoms with Crippen molar-refractivity contribution in [3.63, 3.8) is 0 Å². The van der Waals surface area contributed by atoms with E-state index in [1.807, 2.05) is 6.07 Å². The number of benzene rings is 1. The molecule has 0 radical (unpaired) electrons. The lowest BCUT2D eigenvalue weighted by molar-refractivity contribution is 0.474. The molecule has 0 atom stereocenters. The van der Waals surface area contributed by atoms with Crippen LogP contribution in [0.15, 0.2) is 36.7 Å². The summed E-state index contributed by atoms with van der Waals surface area (Å²) in [6.45, 7) is 2.07. The molecule has 0 amide bonds. The van der Waals surface area contributed by atoms with Gasteiger partial charge in [0, 0.05) is 12.2 Å². The van der Waals surface area contributed by atoms with Crippen LogP contribution in [-0.4, -0.2) is 19.6 Å². The topological polar surface area (TPSA) is 50.9 Å². The third-order valence-electron chi connectivity index (χ3n) is 3.80. The van der Waals surface area contributed by atoms with E-state index in [9.17, 15) is 5.11 Å². The molecule has 1 saturated carbocycles. The molecular weight excluding hydrogens is 250 g/mol. The van der Waals surface area contributed by atoms with Crippen LogP contribution in [0.25, 0.3) is 22.4 Å². The summed E-state index contributed by atoms with van der Waals surface area (Å²) >= 11 is 0. The third-order valence-corrected chi connectivity index (χ3v) is 3.80. The van der Waals surface area contributed by atoms with Crippen LogP contribution in [0.5, 0.6) is 5.75 Å². The van der Waals surface area contributed by atoms with Gasteiger partial charge in [0.15, 0.2) is 0 Å². The molecule has 4 nitrogen and oxygen atoms in total. The summed E-state index contributed by atoms with van der Waals surface area (Å²) in [5.74, 6) is 1.02. The van der Waals surface area contributed by atoms with Crippen LogP contribution in [0.3, 0.4) is 0 Å². The van der Waals surface area contributed by atoms with Gasteiger partial charge in [0.25, 0.3) is 0 Å². The highest BCUT2D eigenvalue weighted by atomic mass is 16.3. The molecule has 4 rings (SSSR count). The van der Waals surface area contributed by atoms with Crippen molar-refractivity contribution in [3.8, 4) is 17.1 Å². The molecular formula is C16H15N3O. The van der Waals surface area contributed by atoms with Gasteiger partial charge in [0.2, 0.25) is 0 Å². The van der Waals surface area contributed by atoms with Gasteiger partial charge in [0.05, 0.1) is 22.8 Å². The maximum absolute atomic E-state index is 10.1. The van der Waals surface area contributed by atoms with Gasteiger partial charge in [-0.25, -0.2) is 4.98 Å². The molecule has 100 valence electrons. The van der Waals surface area contributed by atoms with Crippen molar-refractivity contribution in [1.29, 1.82) is 0 Å². The number of aromatic hydroxyl groups is 1. The number of imidazole rings is 1. The summed E-state index contributed by atoms with van der Waals surface area (Å²) in [6, 6.07) is 8.65. The summed E-state index contributed by atoms with van der Waals surface area (Å²) in [6.07, 6.45) is 5.52. The Bertz CT molecular complexity index is 803. The van der Waals surface area contributed by atoms with Crippen molar-refractivity contribution in [2.75, 3.05) is 0 Å². The largest absolute Gasteiger partial charge is 0.506 e. The van der Waals surface area contributed by atoms with Crippen molar-refractivity contribution in [1.82, 2.24) is 14.5 Å². The van der Waals surface area contributed by atoms with E-state index in [2.05, 4.69) is 34.7 Å². The minimum atomic E-state index is 0.182. The van der Waals surface area contributed by atoms with Gasteiger partial charge in [-0.3, -0.25) is 4.98 Å². The quantitative estimate of drug-likeness (QED) is 0.772. The second-order valence-corrected chi connectivity index (χ2v) is 5.42. The van der Waals surface area contributed by atoms with Crippen molar-refractivity contribution < 1.29 is 5.11 Å². The molecule has 0 bridgehead atoms. The van der Waals surface area contributed by atoms with Crippen LogP contribution >= 0.6 is 0 Å². The minimum Gasteiger partial charge on any atom is -0.506 e. The fourth-order valence-electron chi connectivity index (χ4n) is 2.68. The minimum absolute atomic E-state index is 0.182. The zero-order chi connectivity index (χ0) is 13.7. The molecule has 0 aliphatic heterocycles. The number of hydrogen-bond donors (Lipinski definition) is 1. The van der Waals surface area contributed by atoms with Crippen LogP contribution in [0, 0.1) is 6.92 Å². The van der Waals surface area contributed by atoms with Crippen LogP contribution in [0.2, 0.25) is 0 Å². The summed E-state index contributed by atoms with van der Waals surface area (Å²) in [5.41, 5.74) is 4.08. The van der Waals surface area contributed by atoms with Crippen LogP contribution in [0.4, 0.5) is 0 Å². The lowest BCUT2D eigenvalue weighted by atomic mass is 10.2. The Balaban J connectivity index is 2.03. The SMILES string of the molecule is Cc1ccc2c(c1)nc(-c1ccncc1O)n2C1CC1. The fraction of sp³-hybridized carbons (Fsp3) is 0.250. The lowest BCUT2D eigenvalue weighted by Crippen LogP contribution is -1.97. The van der Waals surface area contributed by atoms with E-state index in [0.29, 0.717) is 6.04 Å². The van der Waals surface area contributed by atoms with Crippen molar-refractivity contribution in [3.05, 3.63) is 42.2 Å². The Hall–Kier alpha value is -2.36. The number of nitrogens with zero attached hydrogens (tertiary/aromatic N) is 3. The number of rotatable bonds is 2. The fourth-order valence-corrected chi connectivity index (χ4v) is 2.68. The molecule has 4 heteroatoms. The van der Waals surface area contributed by atoms with Crippen molar-refractivity contribution in [2.45, 2.75) is 25.8 Å². The average Bonchev–Trinajstić information content (AvgIpc) is 3.20. The maximum atomic E-state index is 10.1. The van der Waals surface area contributed by atoms with Gasteiger partial charge in [-0.1, -0.05) is 6.07 Å². The van der Waals surface area contributed by atoms with Crippen LogP contribution in [-0.2, 0) is 0 Å². The molecule has 0 saturated heterocycles. The van der Waals surface area contributed by atoms with Crippen LogP contribution < -0.4 is 0 Å². The average molecular weight is 265 g/mol. The Morgan fingerprint density at radius 2 is 2.10 bits per heavy atom. The van der Waals surface area contributed by atoms with E-state index in [4.69, 9.17) is 4.98 Å². The highest BCUT2D eigenvalue weighted by Gasteiger charge is 2.29. The molecule has 2 aromatic heterocycles. The van der Waals surface area contributed by atoms with E-state index in [-0.39, 0.29) is 5.75 Å². The van der Waals surface area contributed by atoms with Crippen LogP contribution in [0.1, 0.15) is 24.4 Å². The number of pyridine rings is 1. The second-order valence-electron chi connectivity index (χ2n) is 5.42. The third kappa shape index (κ3) is 1.68. The lowest BCUT2D eigenvalue weighted by Gasteiger charge is -2.08. The Morgan fingerprint density at radius 3 is 2.85 bits per heavy atom. The summed E-state index contributed by atoms with van der Waals surface area (Å²) in [4.78, 5) is 8.68. The molecule has 1 aromatic carbocycles. The summed E-state index contributed by atoms with van der Waals surface area (Å²) in [7, 11) is 0. The van der Waals surface area contributed by atoms with Gasteiger partial charge in [-0.2, -0.15) is 0 Å². The first-order valence-corrected chi connectivity index (χ1v) is 6.86. The number of fused-ring (bicyclic) bond motifs is 1. The molecule has 0 spiro atoms. The number of hydrogen-bond acceptors (Lipinski definition) is 3. The van der Waals surface area contributed by atoms with Gasteiger partial charge >= 0.3 is 0 Å². The molecule has 2 heterocycles. The normalized spacial score (nSPS) is 14.8. The molecule has 0 unspecified atom stereocenters. The number of aromatic nitrogens is 3. The predicted octanol–water partition coefficient (Wildman–Crippen LogP) is 3.45. The monoisotopic (exact) mass is 265 g/mol. The van der Waals surface area contributed by atoms with E-state index >= 15 is 0 Å². The standard InChI is InChI=1S/C16H15N3O/c1-10-2-5-14-13(8-10)18-16(19(14)11-3-4-11)12-6-7-17-9-15(12)20/h2,5-9,11,20H,3-4H2,1H3. The first-order valence-electron chi connectivity index (χ1n) is 6.86. The van der Waals surface area contributed by atoms with E-state index in [0.717, 1.165) is 22.4 Å².